The molecule has 0 unspecified atom stereocenters. The standard InChI is InChI=1S/C15H10BrClN2O/c16-14-11(17)5-3-7-13(14)19-15(20)10-8-18-12-6-2-1-4-9(10)12/h1-8,18H,(H,19,20). The van der Waals surface area contributed by atoms with E-state index in [2.05, 4.69) is 26.2 Å². The van der Waals surface area contributed by atoms with Crippen molar-refractivity contribution in [1.82, 2.24) is 4.98 Å². The summed E-state index contributed by atoms with van der Waals surface area (Å²) in [5, 5.41) is 4.30. The molecule has 20 heavy (non-hydrogen) atoms. The number of aromatic amines is 1. The van der Waals surface area contributed by atoms with Gasteiger partial charge in [0.25, 0.3) is 5.91 Å². The normalized spacial score (nSPS) is 10.7. The van der Waals surface area contributed by atoms with Gasteiger partial charge in [0, 0.05) is 17.1 Å². The summed E-state index contributed by atoms with van der Waals surface area (Å²) < 4.78 is 0.676. The van der Waals surface area contributed by atoms with Crippen LogP contribution in [-0.4, -0.2) is 10.9 Å². The molecule has 0 radical (unpaired) electrons. The van der Waals surface area contributed by atoms with E-state index in [1.165, 1.54) is 0 Å². The highest BCUT2D eigenvalue weighted by molar-refractivity contribution is 9.10. The third-order valence-electron chi connectivity index (χ3n) is 3.03. The zero-order valence-electron chi connectivity index (χ0n) is 10.3. The second-order valence-electron chi connectivity index (χ2n) is 4.30. The Labute approximate surface area is 129 Å². The molecule has 0 aliphatic heterocycles. The Morgan fingerprint density at radius 2 is 1.95 bits per heavy atom. The molecular formula is C15H10BrClN2O. The summed E-state index contributed by atoms with van der Waals surface area (Å²) in [4.78, 5) is 15.4. The van der Waals surface area contributed by atoms with Gasteiger partial charge in [0.1, 0.15) is 0 Å². The van der Waals surface area contributed by atoms with Crippen LogP contribution in [-0.2, 0) is 0 Å². The molecule has 0 aliphatic rings. The fourth-order valence-electron chi connectivity index (χ4n) is 2.05. The predicted octanol–water partition coefficient (Wildman–Crippen LogP) is 4.84. The first-order valence-corrected chi connectivity index (χ1v) is 7.15. The SMILES string of the molecule is O=C(Nc1cccc(Cl)c1Br)c1c[nH]c2ccccc12. The highest BCUT2D eigenvalue weighted by Gasteiger charge is 2.13. The lowest BCUT2D eigenvalue weighted by atomic mass is 10.1. The van der Waals surface area contributed by atoms with Gasteiger partial charge >= 0.3 is 0 Å². The highest BCUT2D eigenvalue weighted by Crippen LogP contribution is 2.30. The molecule has 0 fully saturated rings. The minimum atomic E-state index is -0.176. The number of para-hydroxylation sites is 1. The molecule has 0 spiro atoms. The van der Waals surface area contributed by atoms with Gasteiger partial charge in [-0.05, 0) is 34.1 Å². The number of rotatable bonds is 2. The van der Waals surface area contributed by atoms with Crippen molar-refractivity contribution in [1.29, 1.82) is 0 Å². The Kier molecular flexibility index (Phi) is 3.51. The first-order valence-electron chi connectivity index (χ1n) is 5.98. The maximum absolute atomic E-state index is 12.4. The summed E-state index contributed by atoms with van der Waals surface area (Å²) in [5.74, 6) is -0.176. The second-order valence-corrected chi connectivity index (χ2v) is 5.50. The number of aromatic nitrogens is 1. The van der Waals surface area contributed by atoms with Crippen LogP contribution in [0.3, 0.4) is 0 Å². The molecule has 2 aromatic carbocycles. The first-order chi connectivity index (χ1) is 9.66. The Bertz CT molecular complexity index is 797. The number of H-pyrrole nitrogens is 1. The molecule has 0 saturated heterocycles. The minimum Gasteiger partial charge on any atom is -0.360 e. The van der Waals surface area contributed by atoms with Crippen LogP contribution in [0, 0.1) is 0 Å². The molecule has 0 saturated carbocycles. The van der Waals surface area contributed by atoms with Gasteiger partial charge in [0.15, 0.2) is 0 Å². The molecule has 5 heteroatoms. The number of benzene rings is 2. The molecule has 3 rings (SSSR count). The van der Waals surface area contributed by atoms with Crippen molar-refractivity contribution in [2.75, 3.05) is 5.32 Å². The van der Waals surface area contributed by atoms with Crippen molar-refractivity contribution in [3.8, 4) is 0 Å². The molecule has 3 aromatic rings. The van der Waals surface area contributed by atoms with Gasteiger partial charge in [0.2, 0.25) is 0 Å². The van der Waals surface area contributed by atoms with Crippen LogP contribution in [0.1, 0.15) is 10.4 Å². The van der Waals surface area contributed by atoms with Crippen LogP contribution < -0.4 is 5.32 Å². The van der Waals surface area contributed by atoms with Gasteiger partial charge in [0.05, 0.1) is 20.7 Å². The Hall–Kier alpha value is -1.78. The van der Waals surface area contributed by atoms with Gasteiger partial charge in [-0.25, -0.2) is 0 Å². The number of anilines is 1. The van der Waals surface area contributed by atoms with Gasteiger partial charge in [-0.15, -0.1) is 0 Å². The average Bonchev–Trinajstić information content (AvgIpc) is 2.88. The van der Waals surface area contributed by atoms with Gasteiger partial charge in [-0.3, -0.25) is 4.79 Å². The van der Waals surface area contributed by atoms with Crippen molar-refractivity contribution in [3.05, 3.63) is 63.7 Å². The van der Waals surface area contributed by atoms with Crippen LogP contribution in [0.5, 0.6) is 0 Å². The zero-order valence-corrected chi connectivity index (χ0v) is 12.6. The number of carbonyl (C=O) groups excluding carboxylic acids is 1. The largest absolute Gasteiger partial charge is 0.360 e. The van der Waals surface area contributed by atoms with Crippen LogP contribution in [0.4, 0.5) is 5.69 Å². The minimum absolute atomic E-state index is 0.176. The molecule has 3 nitrogen and oxygen atoms in total. The summed E-state index contributed by atoms with van der Waals surface area (Å²) >= 11 is 9.38. The van der Waals surface area contributed by atoms with E-state index in [1.807, 2.05) is 24.3 Å². The number of amides is 1. The topological polar surface area (TPSA) is 44.9 Å². The molecule has 0 aliphatic carbocycles. The van der Waals surface area contributed by atoms with Gasteiger partial charge < -0.3 is 10.3 Å². The summed E-state index contributed by atoms with van der Waals surface area (Å²) in [6.45, 7) is 0. The Morgan fingerprint density at radius 1 is 1.15 bits per heavy atom. The molecular weight excluding hydrogens is 340 g/mol. The average molecular weight is 350 g/mol. The molecule has 0 atom stereocenters. The third kappa shape index (κ3) is 2.32. The highest BCUT2D eigenvalue weighted by atomic mass is 79.9. The lowest BCUT2D eigenvalue weighted by Crippen LogP contribution is -2.11. The zero-order chi connectivity index (χ0) is 14.1. The number of hydrogen-bond acceptors (Lipinski definition) is 1. The van der Waals surface area contributed by atoms with Crippen molar-refractivity contribution in [3.63, 3.8) is 0 Å². The first kappa shape index (κ1) is 13.2. The van der Waals surface area contributed by atoms with Crippen LogP contribution in [0.15, 0.2) is 53.1 Å². The monoisotopic (exact) mass is 348 g/mol. The smallest absolute Gasteiger partial charge is 0.257 e. The lowest BCUT2D eigenvalue weighted by Gasteiger charge is -2.07. The fourth-order valence-corrected chi connectivity index (χ4v) is 2.59. The van der Waals surface area contributed by atoms with Crippen molar-refractivity contribution in [2.45, 2.75) is 0 Å². The van der Waals surface area contributed by atoms with E-state index in [1.54, 1.807) is 24.4 Å². The molecule has 1 amide bonds. The molecule has 1 aromatic heterocycles. The van der Waals surface area contributed by atoms with Gasteiger partial charge in [-0.2, -0.15) is 0 Å². The van der Waals surface area contributed by atoms with E-state index >= 15 is 0 Å². The lowest BCUT2D eigenvalue weighted by molar-refractivity contribution is 0.102. The molecule has 2 N–H and O–H groups in total. The Balaban J connectivity index is 1.95. The van der Waals surface area contributed by atoms with Crippen LogP contribution in [0.25, 0.3) is 10.9 Å². The molecule has 0 bridgehead atoms. The number of halogens is 2. The summed E-state index contributed by atoms with van der Waals surface area (Å²) in [6.07, 6.45) is 1.71. The van der Waals surface area contributed by atoms with Crippen molar-refractivity contribution < 1.29 is 4.79 Å². The van der Waals surface area contributed by atoms with Gasteiger partial charge in [-0.1, -0.05) is 35.9 Å². The van der Waals surface area contributed by atoms with E-state index in [9.17, 15) is 4.79 Å². The maximum atomic E-state index is 12.4. The van der Waals surface area contributed by atoms with E-state index in [0.717, 1.165) is 10.9 Å². The Morgan fingerprint density at radius 3 is 2.80 bits per heavy atom. The third-order valence-corrected chi connectivity index (χ3v) is 4.43. The number of fused-ring (bicyclic) bond motifs is 1. The molecule has 1 heterocycles. The molecule has 100 valence electrons. The van der Waals surface area contributed by atoms with Crippen molar-refractivity contribution in [2.24, 2.45) is 0 Å². The quantitative estimate of drug-likeness (QED) is 0.683. The van der Waals surface area contributed by atoms with Crippen LogP contribution >= 0.6 is 27.5 Å². The summed E-state index contributed by atoms with van der Waals surface area (Å²) in [6, 6.07) is 13.0. The number of carbonyl (C=O) groups is 1. The van der Waals surface area contributed by atoms with E-state index < -0.39 is 0 Å². The van der Waals surface area contributed by atoms with Crippen LogP contribution in [0.2, 0.25) is 5.02 Å². The second kappa shape index (κ2) is 5.31. The van der Waals surface area contributed by atoms with Crippen molar-refractivity contribution >= 4 is 50.0 Å². The summed E-state index contributed by atoms with van der Waals surface area (Å²) in [5.41, 5.74) is 2.18. The number of nitrogens with one attached hydrogen (secondary N) is 2. The van der Waals surface area contributed by atoms with E-state index in [-0.39, 0.29) is 5.91 Å². The fraction of sp³-hybridized carbons (Fsp3) is 0. The van der Waals surface area contributed by atoms with E-state index in [4.69, 9.17) is 11.6 Å². The predicted molar refractivity (Wildman–Crippen MR) is 85.4 cm³/mol. The summed E-state index contributed by atoms with van der Waals surface area (Å²) in [7, 11) is 0. The maximum Gasteiger partial charge on any atom is 0.257 e. The van der Waals surface area contributed by atoms with E-state index in [0.29, 0.717) is 20.7 Å². The number of hydrogen-bond donors (Lipinski definition) is 2.